The van der Waals surface area contributed by atoms with Gasteiger partial charge in [-0.3, -0.25) is 0 Å². The Hall–Kier alpha value is -1.81. The molecule has 0 fully saturated rings. The van der Waals surface area contributed by atoms with Crippen LogP contribution in [0.1, 0.15) is 0 Å². The summed E-state index contributed by atoms with van der Waals surface area (Å²) in [4.78, 5) is 10.00. The maximum absolute atomic E-state index is 9.18. The number of phenolic OH excluding ortho intramolecular Hbond substituents is 1. The number of halogens is 1. The molecule has 0 amide bonds. The second-order valence-electron chi connectivity index (χ2n) is 3.28. The number of aromatic hydroxyl groups is 1. The Morgan fingerprint density at radius 3 is 2.25 bits per heavy atom. The lowest BCUT2D eigenvalue weighted by molar-refractivity contribution is 0.475. The lowest BCUT2D eigenvalue weighted by Gasteiger charge is -2.16. The summed E-state index contributed by atoms with van der Waals surface area (Å²) in [6, 6.07) is 6.80. The first-order chi connectivity index (χ1) is 7.66. The monoisotopic (exact) mass is 235 g/mol. The lowest BCUT2D eigenvalue weighted by Crippen LogP contribution is -2.12. The fourth-order valence-electron chi connectivity index (χ4n) is 1.27. The van der Waals surface area contributed by atoms with Crippen molar-refractivity contribution in [1.82, 2.24) is 9.97 Å². The van der Waals surface area contributed by atoms with Crippen molar-refractivity contribution in [3.8, 4) is 5.75 Å². The van der Waals surface area contributed by atoms with Crippen LogP contribution in [-0.2, 0) is 0 Å². The molecule has 16 heavy (non-hydrogen) atoms. The molecule has 1 heterocycles. The molecule has 0 saturated carbocycles. The van der Waals surface area contributed by atoms with Crippen molar-refractivity contribution in [3.63, 3.8) is 0 Å². The van der Waals surface area contributed by atoms with Crippen LogP contribution in [0.3, 0.4) is 0 Å². The van der Waals surface area contributed by atoms with E-state index in [1.54, 1.807) is 41.6 Å². The van der Waals surface area contributed by atoms with Gasteiger partial charge in [0.25, 0.3) is 0 Å². The number of rotatable bonds is 2. The molecule has 0 aliphatic carbocycles. The Kier molecular flexibility index (Phi) is 2.92. The summed E-state index contributed by atoms with van der Waals surface area (Å²) < 4.78 is 0. The van der Waals surface area contributed by atoms with Crippen LogP contribution in [0.4, 0.5) is 11.6 Å². The molecule has 0 aliphatic heterocycles. The summed E-state index contributed by atoms with van der Waals surface area (Å²) in [7, 11) is 1.84. The molecular formula is C11H10ClN3O. The number of phenols is 1. The van der Waals surface area contributed by atoms with E-state index >= 15 is 0 Å². The summed E-state index contributed by atoms with van der Waals surface area (Å²) in [5.41, 5.74) is 0.889. The number of benzene rings is 1. The highest BCUT2D eigenvalue weighted by molar-refractivity contribution is 6.30. The maximum Gasteiger partial charge on any atom is 0.229 e. The van der Waals surface area contributed by atoms with Crippen molar-refractivity contribution in [1.29, 1.82) is 0 Å². The number of hydrogen-bond acceptors (Lipinski definition) is 4. The quantitative estimate of drug-likeness (QED) is 0.869. The minimum atomic E-state index is 0.231. The van der Waals surface area contributed by atoms with Crippen LogP contribution in [0.15, 0.2) is 36.7 Å². The van der Waals surface area contributed by atoms with Crippen LogP contribution in [0, 0.1) is 0 Å². The van der Waals surface area contributed by atoms with E-state index in [2.05, 4.69) is 9.97 Å². The minimum absolute atomic E-state index is 0.231. The summed E-state index contributed by atoms with van der Waals surface area (Å²) >= 11 is 5.71. The predicted molar refractivity (Wildman–Crippen MR) is 63.2 cm³/mol. The Balaban J connectivity index is 2.28. The summed E-state index contributed by atoms with van der Waals surface area (Å²) in [5.74, 6) is 0.782. The van der Waals surface area contributed by atoms with Crippen molar-refractivity contribution in [2.75, 3.05) is 11.9 Å². The fraction of sp³-hybridized carbons (Fsp3) is 0.0909. The topological polar surface area (TPSA) is 49.2 Å². The summed E-state index contributed by atoms with van der Waals surface area (Å²) in [6.45, 7) is 0. The lowest BCUT2D eigenvalue weighted by atomic mass is 10.3. The van der Waals surface area contributed by atoms with Gasteiger partial charge in [-0.2, -0.15) is 0 Å². The number of aromatic nitrogens is 2. The molecule has 2 rings (SSSR count). The molecule has 5 heteroatoms. The van der Waals surface area contributed by atoms with Crippen LogP contribution in [0.25, 0.3) is 0 Å². The van der Waals surface area contributed by atoms with Crippen molar-refractivity contribution in [2.45, 2.75) is 0 Å². The van der Waals surface area contributed by atoms with Crippen molar-refractivity contribution < 1.29 is 5.11 Å². The Morgan fingerprint density at radius 2 is 1.69 bits per heavy atom. The zero-order valence-electron chi connectivity index (χ0n) is 8.63. The van der Waals surface area contributed by atoms with Gasteiger partial charge in [-0.05, 0) is 24.3 Å². The first kappa shape index (κ1) is 10.7. The summed E-state index contributed by atoms with van der Waals surface area (Å²) in [5, 5.41) is 9.68. The van der Waals surface area contributed by atoms with E-state index in [0.717, 1.165) is 5.69 Å². The summed E-state index contributed by atoms with van der Waals surface area (Å²) in [6.07, 6.45) is 3.08. The van der Waals surface area contributed by atoms with E-state index in [0.29, 0.717) is 11.0 Å². The number of nitrogens with zero attached hydrogens (tertiary/aromatic N) is 3. The second kappa shape index (κ2) is 4.37. The molecule has 82 valence electrons. The maximum atomic E-state index is 9.18. The zero-order chi connectivity index (χ0) is 11.5. The van der Waals surface area contributed by atoms with Gasteiger partial charge >= 0.3 is 0 Å². The third-order valence-electron chi connectivity index (χ3n) is 2.14. The first-order valence-corrected chi connectivity index (χ1v) is 5.05. The average Bonchev–Trinajstić information content (AvgIpc) is 2.30. The molecule has 1 N–H and O–H groups in total. The van der Waals surface area contributed by atoms with E-state index in [1.165, 1.54) is 0 Å². The molecular weight excluding hydrogens is 226 g/mol. The highest BCUT2D eigenvalue weighted by atomic mass is 35.5. The molecule has 0 saturated heterocycles. The number of hydrogen-bond donors (Lipinski definition) is 1. The molecule has 0 atom stereocenters. The molecule has 1 aromatic heterocycles. The average molecular weight is 236 g/mol. The van der Waals surface area contributed by atoms with Crippen molar-refractivity contribution in [3.05, 3.63) is 41.7 Å². The zero-order valence-corrected chi connectivity index (χ0v) is 9.39. The second-order valence-corrected chi connectivity index (χ2v) is 3.71. The SMILES string of the molecule is CN(c1ccc(O)cc1)c1ncc(Cl)cn1. The van der Waals surface area contributed by atoms with Crippen molar-refractivity contribution >= 4 is 23.2 Å². The van der Waals surface area contributed by atoms with E-state index in [9.17, 15) is 5.11 Å². The molecule has 0 radical (unpaired) electrons. The highest BCUT2D eigenvalue weighted by Crippen LogP contribution is 2.22. The molecule has 4 nitrogen and oxygen atoms in total. The first-order valence-electron chi connectivity index (χ1n) is 4.67. The fourth-order valence-corrected chi connectivity index (χ4v) is 1.37. The Labute approximate surface area is 98.2 Å². The van der Waals surface area contributed by atoms with E-state index < -0.39 is 0 Å². The Bertz CT molecular complexity index is 424. The predicted octanol–water partition coefficient (Wildman–Crippen LogP) is 2.60. The van der Waals surface area contributed by atoms with Gasteiger partial charge in [-0.25, -0.2) is 9.97 Å². The van der Waals surface area contributed by atoms with Crippen LogP contribution < -0.4 is 4.90 Å². The van der Waals surface area contributed by atoms with Gasteiger partial charge in [0.15, 0.2) is 0 Å². The smallest absolute Gasteiger partial charge is 0.229 e. The van der Waals surface area contributed by atoms with Crippen molar-refractivity contribution in [2.24, 2.45) is 0 Å². The van der Waals surface area contributed by atoms with Crippen LogP contribution in [0.5, 0.6) is 5.75 Å². The van der Waals surface area contributed by atoms with Crippen LogP contribution >= 0.6 is 11.6 Å². The van der Waals surface area contributed by atoms with Gasteiger partial charge in [-0.15, -0.1) is 0 Å². The normalized spacial score (nSPS) is 10.1. The van der Waals surface area contributed by atoms with E-state index in [-0.39, 0.29) is 5.75 Å². The van der Waals surface area contributed by atoms with Gasteiger partial charge in [0.2, 0.25) is 5.95 Å². The van der Waals surface area contributed by atoms with E-state index in [1.807, 2.05) is 7.05 Å². The van der Waals surface area contributed by atoms with Crippen LogP contribution in [0.2, 0.25) is 5.02 Å². The molecule has 0 aliphatic rings. The molecule has 2 aromatic rings. The van der Waals surface area contributed by atoms with Gasteiger partial charge in [0.1, 0.15) is 5.75 Å². The minimum Gasteiger partial charge on any atom is -0.508 e. The van der Waals surface area contributed by atoms with E-state index in [4.69, 9.17) is 11.6 Å². The number of anilines is 2. The molecule has 1 aromatic carbocycles. The molecule has 0 bridgehead atoms. The molecule has 0 spiro atoms. The molecule has 0 unspecified atom stereocenters. The van der Waals surface area contributed by atoms with Gasteiger partial charge in [0, 0.05) is 12.7 Å². The van der Waals surface area contributed by atoms with Gasteiger partial charge in [0.05, 0.1) is 17.4 Å². The Morgan fingerprint density at radius 1 is 1.12 bits per heavy atom. The van der Waals surface area contributed by atoms with Gasteiger partial charge in [-0.1, -0.05) is 11.6 Å². The highest BCUT2D eigenvalue weighted by Gasteiger charge is 2.06. The van der Waals surface area contributed by atoms with Crippen LogP contribution in [-0.4, -0.2) is 22.1 Å². The van der Waals surface area contributed by atoms with Gasteiger partial charge < -0.3 is 10.0 Å². The third kappa shape index (κ3) is 2.23. The third-order valence-corrected chi connectivity index (χ3v) is 2.34. The standard InChI is InChI=1S/C11H10ClN3O/c1-15(9-2-4-10(16)5-3-9)11-13-6-8(12)7-14-11/h2-7,16H,1H3. The largest absolute Gasteiger partial charge is 0.508 e.